The highest BCUT2D eigenvalue weighted by atomic mass is 15.2. The lowest BCUT2D eigenvalue weighted by atomic mass is 9.97. The first-order valence-electron chi connectivity index (χ1n) is 7.62. The Bertz CT molecular complexity index is 510. The molecule has 1 aromatic heterocycles. The zero-order chi connectivity index (χ0) is 13.9. The number of nitrogens with zero attached hydrogens (tertiary/aromatic N) is 3. The lowest BCUT2D eigenvalue weighted by Crippen LogP contribution is -2.38. The van der Waals surface area contributed by atoms with Crippen LogP contribution in [0.1, 0.15) is 36.8 Å². The standard InChI is InChI=1S/C16H22N4/c1-12-4-9-19-16(15(12)10-17)20(14-2-3-14)11-13-5-7-18-8-6-13/h4,9,13-14,18H,2-3,5-8,11H2,1H3. The second-order valence-corrected chi connectivity index (χ2v) is 6.02. The van der Waals surface area contributed by atoms with Gasteiger partial charge in [-0.1, -0.05) is 0 Å². The predicted molar refractivity (Wildman–Crippen MR) is 79.7 cm³/mol. The summed E-state index contributed by atoms with van der Waals surface area (Å²) in [6.07, 6.45) is 6.79. The van der Waals surface area contributed by atoms with E-state index in [0.29, 0.717) is 6.04 Å². The Labute approximate surface area is 120 Å². The molecule has 0 unspecified atom stereocenters. The lowest BCUT2D eigenvalue weighted by molar-refractivity contribution is 0.372. The summed E-state index contributed by atoms with van der Waals surface area (Å²) in [5.41, 5.74) is 1.79. The highest BCUT2D eigenvalue weighted by Gasteiger charge is 2.33. The molecule has 0 spiro atoms. The minimum atomic E-state index is 0.603. The second-order valence-electron chi connectivity index (χ2n) is 6.02. The molecule has 0 radical (unpaired) electrons. The van der Waals surface area contributed by atoms with Crippen LogP contribution in [0.3, 0.4) is 0 Å². The van der Waals surface area contributed by atoms with Crippen LogP contribution in [0.4, 0.5) is 5.82 Å². The highest BCUT2D eigenvalue weighted by molar-refractivity contribution is 5.58. The number of aryl methyl sites for hydroxylation is 1. The molecule has 0 aromatic carbocycles. The average molecular weight is 270 g/mol. The van der Waals surface area contributed by atoms with Gasteiger partial charge >= 0.3 is 0 Å². The van der Waals surface area contributed by atoms with Crippen molar-refractivity contribution in [3.05, 3.63) is 23.4 Å². The van der Waals surface area contributed by atoms with Crippen molar-refractivity contribution < 1.29 is 0 Å². The zero-order valence-corrected chi connectivity index (χ0v) is 12.1. The topological polar surface area (TPSA) is 52.0 Å². The summed E-state index contributed by atoms with van der Waals surface area (Å²) in [5, 5.41) is 12.8. The predicted octanol–water partition coefficient (Wildman–Crippen LogP) is 2.23. The van der Waals surface area contributed by atoms with Crippen molar-refractivity contribution in [3.8, 4) is 6.07 Å². The van der Waals surface area contributed by atoms with Gasteiger partial charge in [0.05, 0.1) is 5.56 Å². The first kappa shape index (κ1) is 13.4. The lowest BCUT2D eigenvalue weighted by Gasteiger charge is -2.31. The fraction of sp³-hybridized carbons (Fsp3) is 0.625. The van der Waals surface area contributed by atoms with E-state index in [4.69, 9.17) is 0 Å². The molecule has 2 aliphatic rings. The highest BCUT2D eigenvalue weighted by Crippen LogP contribution is 2.34. The quantitative estimate of drug-likeness (QED) is 0.911. The smallest absolute Gasteiger partial charge is 0.147 e. The van der Waals surface area contributed by atoms with Gasteiger partial charge in [-0.25, -0.2) is 4.98 Å². The molecule has 1 aromatic rings. The summed E-state index contributed by atoms with van der Waals surface area (Å²) in [6, 6.07) is 4.88. The third-order valence-corrected chi connectivity index (χ3v) is 4.42. The van der Waals surface area contributed by atoms with Gasteiger partial charge < -0.3 is 10.2 Å². The number of hydrogen-bond donors (Lipinski definition) is 1. The van der Waals surface area contributed by atoms with Gasteiger partial charge in [0, 0.05) is 18.8 Å². The van der Waals surface area contributed by atoms with Crippen LogP contribution in [0.2, 0.25) is 0 Å². The summed E-state index contributed by atoms with van der Waals surface area (Å²) < 4.78 is 0. The van der Waals surface area contributed by atoms with Crippen LogP contribution in [-0.2, 0) is 0 Å². The van der Waals surface area contributed by atoms with Gasteiger partial charge in [0.25, 0.3) is 0 Å². The Balaban J connectivity index is 1.83. The number of nitriles is 1. The van der Waals surface area contributed by atoms with Crippen LogP contribution in [0.5, 0.6) is 0 Å². The maximum Gasteiger partial charge on any atom is 0.147 e. The van der Waals surface area contributed by atoms with E-state index in [1.165, 1.54) is 25.7 Å². The molecule has 1 aliphatic carbocycles. The van der Waals surface area contributed by atoms with Crippen LogP contribution in [-0.4, -0.2) is 30.7 Å². The molecule has 4 heteroatoms. The molecule has 1 saturated carbocycles. The molecule has 1 N–H and O–H groups in total. The maximum absolute atomic E-state index is 9.43. The van der Waals surface area contributed by atoms with E-state index in [0.717, 1.165) is 42.5 Å². The molecule has 3 rings (SSSR count). The first-order valence-corrected chi connectivity index (χ1v) is 7.62. The van der Waals surface area contributed by atoms with E-state index < -0.39 is 0 Å². The van der Waals surface area contributed by atoms with Gasteiger partial charge in [-0.15, -0.1) is 0 Å². The molecule has 1 aliphatic heterocycles. The van der Waals surface area contributed by atoms with E-state index in [1.54, 1.807) is 0 Å². The number of hydrogen-bond acceptors (Lipinski definition) is 4. The van der Waals surface area contributed by atoms with Gasteiger partial charge in [0.2, 0.25) is 0 Å². The summed E-state index contributed by atoms with van der Waals surface area (Å²) in [5.74, 6) is 1.64. The summed E-state index contributed by atoms with van der Waals surface area (Å²) >= 11 is 0. The van der Waals surface area contributed by atoms with Gasteiger partial charge in [0.1, 0.15) is 11.9 Å². The monoisotopic (exact) mass is 270 g/mol. The molecule has 0 bridgehead atoms. The molecule has 2 heterocycles. The van der Waals surface area contributed by atoms with Crippen LogP contribution in [0.15, 0.2) is 12.3 Å². The van der Waals surface area contributed by atoms with Crippen molar-refractivity contribution in [1.82, 2.24) is 10.3 Å². The molecule has 4 nitrogen and oxygen atoms in total. The second kappa shape index (κ2) is 5.80. The molecule has 2 fully saturated rings. The molecule has 1 saturated heterocycles. The van der Waals surface area contributed by atoms with Gasteiger partial charge in [0.15, 0.2) is 0 Å². The number of anilines is 1. The Morgan fingerprint density at radius 2 is 2.10 bits per heavy atom. The Hall–Kier alpha value is -1.60. The zero-order valence-electron chi connectivity index (χ0n) is 12.1. The van der Waals surface area contributed by atoms with Crippen molar-refractivity contribution in [2.24, 2.45) is 5.92 Å². The maximum atomic E-state index is 9.43. The normalized spacial score (nSPS) is 19.6. The summed E-state index contributed by atoms with van der Waals surface area (Å²) in [4.78, 5) is 6.93. The van der Waals surface area contributed by atoms with Crippen molar-refractivity contribution in [1.29, 1.82) is 5.26 Å². The Morgan fingerprint density at radius 1 is 1.35 bits per heavy atom. The average Bonchev–Trinajstić information content (AvgIpc) is 3.30. The third-order valence-electron chi connectivity index (χ3n) is 4.42. The molecule has 106 valence electrons. The molecular weight excluding hydrogens is 248 g/mol. The van der Waals surface area contributed by atoms with Crippen molar-refractivity contribution in [2.75, 3.05) is 24.5 Å². The van der Waals surface area contributed by atoms with E-state index in [-0.39, 0.29) is 0 Å². The number of aromatic nitrogens is 1. The number of pyridine rings is 1. The van der Waals surface area contributed by atoms with Crippen LogP contribution in [0.25, 0.3) is 0 Å². The van der Waals surface area contributed by atoms with Crippen molar-refractivity contribution in [2.45, 2.75) is 38.6 Å². The van der Waals surface area contributed by atoms with Gasteiger partial charge in [-0.05, 0) is 63.2 Å². The third kappa shape index (κ3) is 2.78. The largest absolute Gasteiger partial charge is 0.352 e. The number of rotatable bonds is 4. The van der Waals surface area contributed by atoms with Crippen LogP contribution in [0, 0.1) is 24.2 Å². The van der Waals surface area contributed by atoms with Gasteiger partial charge in [-0.3, -0.25) is 0 Å². The van der Waals surface area contributed by atoms with E-state index in [2.05, 4.69) is 21.3 Å². The Kier molecular flexibility index (Phi) is 3.88. The molecule has 20 heavy (non-hydrogen) atoms. The van der Waals surface area contributed by atoms with Crippen LogP contribution >= 0.6 is 0 Å². The Morgan fingerprint density at radius 3 is 2.75 bits per heavy atom. The van der Waals surface area contributed by atoms with E-state index in [9.17, 15) is 5.26 Å². The molecule has 0 atom stereocenters. The summed E-state index contributed by atoms with van der Waals surface area (Å²) in [7, 11) is 0. The minimum Gasteiger partial charge on any atom is -0.352 e. The van der Waals surface area contributed by atoms with E-state index >= 15 is 0 Å². The fourth-order valence-corrected chi connectivity index (χ4v) is 3.04. The van der Waals surface area contributed by atoms with Gasteiger partial charge in [-0.2, -0.15) is 5.26 Å². The minimum absolute atomic E-state index is 0.603. The number of piperidine rings is 1. The molecular formula is C16H22N4. The molecule has 0 amide bonds. The van der Waals surface area contributed by atoms with Crippen LogP contribution < -0.4 is 10.2 Å². The van der Waals surface area contributed by atoms with E-state index in [1.807, 2.05) is 19.2 Å². The first-order chi connectivity index (χ1) is 9.79. The van der Waals surface area contributed by atoms with Crippen molar-refractivity contribution >= 4 is 5.82 Å². The fourth-order valence-electron chi connectivity index (χ4n) is 3.04. The SMILES string of the molecule is Cc1ccnc(N(CC2CCNCC2)C2CC2)c1C#N. The van der Waals surface area contributed by atoms with Crippen molar-refractivity contribution in [3.63, 3.8) is 0 Å². The number of nitrogens with one attached hydrogen (secondary N) is 1. The summed E-state index contributed by atoms with van der Waals surface area (Å²) in [6.45, 7) is 5.29.